The van der Waals surface area contributed by atoms with Gasteiger partial charge in [0.2, 0.25) is 15.9 Å². The fraction of sp³-hybridized carbons (Fsp3) is 0.667. The third-order valence-corrected chi connectivity index (χ3v) is 7.75. The van der Waals surface area contributed by atoms with Gasteiger partial charge in [0, 0.05) is 33.2 Å². The van der Waals surface area contributed by atoms with Crippen LogP contribution in [0.4, 0.5) is 0 Å². The van der Waals surface area contributed by atoms with Crippen molar-refractivity contribution in [3.05, 3.63) is 29.8 Å². The number of nitrogens with one attached hydrogen (secondary N) is 1. The van der Waals surface area contributed by atoms with Gasteiger partial charge in [0.15, 0.2) is 0 Å². The second-order valence-corrected chi connectivity index (χ2v) is 10.5. The van der Waals surface area contributed by atoms with Crippen LogP contribution < -0.4 is 5.32 Å². The summed E-state index contributed by atoms with van der Waals surface area (Å²) in [7, 11) is -0.495. The molecule has 2 saturated carbocycles. The highest BCUT2D eigenvalue weighted by Gasteiger charge is 2.32. The topological polar surface area (TPSA) is 69.7 Å². The maximum atomic E-state index is 12.6. The lowest BCUT2D eigenvalue weighted by Gasteiger charge is -2.29. The van der Waals surface area contributed by atoms with Gasteiger partial charge in [-0.25, -0.2) is 12.7 Å². The predicted octanol–water partition coefficient (Wildman–Crippen LogP) is 2.60. The van der Waals surface area contributed by atoms with Crippen molar-refractivity contribution in [1.29, 1.82) is 0 Å². The third-order valence-electron chi connectivity index (χ3n) is 5.83. The van der Waals surface area contributed by atoms with Crippen molar-refractivity contribution in [2.75, 3.05) is 27.2 Å². The van der Waals surface area contributed by atoms with Crippen molar-refractivity contribution in [3.63, 3.8) is 0 Å². The maximum Gasteiger partial charge on any atom is 0.242 e. The molecule has 0 radical (unpaired) electrons. The van der Waals surface area contributed by atoms with Crippen LogP contribution in [0.5, 0.6) is 0 Å². The first kappa shape index (κ1) is 21.3. The van der Waals surface area contributed by atoms with Crippen LogP contribution >= 0.6 is 0 Å². The van der Waals surface area contributed by atoms with E-state index in [1.165, 1.54) is 63.3 Å². The third kappa shape index (κ3) is 5.55. The van der Waals surface area contributed by atoms with E-state index in [0.717, 1.165) is 6.54 Å². The molecule has 7 heteroatoms. The molecule has 0 heterocycles. The summed E-state index contributed by atoms with van der Waals surface area (Å²) in [5.74, 6) is 0.688. The molecule has 6 nitrogen and oxygen atoms in total. The number of benzene rings is 1. The number of carbonyl (C=O) groups is 1. The number of hydrogen-bond donors (Lipinski definition) is 1. The van der Waals surface area contributed by atoms with Crippen molar-refractivity contribution in [1.82, 2.24) is 14.5 Å². The van der Waals surface area contributed by atoms with E-state index in [9.17, 15) is 13.2 Å². The van der Waals surface area contributed by atoms with Crippen LogP contribution in [0.25, 0.3) is 0 Å². The lowest BCUT2D eigenvalue weighted by atomic mass is 9.89. The molecule has 1 N–H and O–H groups in total. The standard InChI is InChI=1S/C21H33N3O3S/c1-23(2)28(26,27)20-11-7-6-10-18(20)14-22-21(25)16-24(19-12-13-19)15-17-8-4-3-5-9-17/h6-7,10-11,17,19H,3-5,8-9,12-16H2,1-2H3,(H,22,25). The summed E-state index contributed by atoms with van der Waals surface area (Å²) in [6.45, 7) is 1.65. The van der Waals surface area contributed by atoms with Crippen LogP contribution in [0.3, 0.4) is 0 Å². The van der Waals surface area contributed by atoms with Crippen LogP contribution in [-0.2, 0) is 21.4 Å². The molecule has 0 aromatic heterocycles. The van der Waals surface area contributed by atoms with Crippen LogP contribution in [0.1, 0.15) is 50.5 Å². The minimum Gasteiger partial charge on any atom is -0.351 e. The van der Waals surface area contributed by atoms with Gasteiger partial charge in [0.05, 0.1) is 11.4 Å². The molecule has 1 amide bonds. The molecule has 0 spiro atoms. The van der Waals surface area contributed by atoms with Gasteiger partial charge in [-0.15, -0.1) is 0 Å². The van der Waals surface area contributed by atoms with Gasteiger partial charge in [-0.05, 0) is 43.2 Å². The quantitative estimate of drug-likeness (QED) is 0.683. The summed E-state index contributed by atoms with van der Waals surface area (Å²) < 4.78 is 26.2. The minimum atomic E-state index is -3.53. The first-order chi connectivity index (χ1) is 13.4. The number of sulfonamides is 1. The van der Waals surface area contributed by atoms with Gasteiger partial charge in [-0.3, -0.25) is 9.69 Å². The summed E-state index contributed by atoms with van der Waals surface area (Å²) in [6, 6.07) is 7.42. The Bertz CT molecular complexity index is 769. The van der Waals surface area contributed by atoms with Gasteiger partial charge in [0.25, 0.3) is 0 Å². The molecule has 1 aromatic carbocycles. The molecule has 1 aromatic rings. The molecule has 156 valence electrons. The Hall–Kier alpha value is -1.44. The van der Waals surface area contributed by atoms with Crippen LogP contribution in [0, 0.1) is 5.92 Å². The zero-order valence-electron chi connectivity index (χ0n) is 17.1. The van der Waals surface area contributed by atoms with Gasteiger partial charge < -0.3 is 5.32 Å². The Labute approximate surface area is 169 Å². The van der Waals surface area contributed by atoms with E-state index >= 15 is 0 Å². The number of nitrogens with zero attached hydrogens (tertiary/aromatic N) is 2. The SMILES string of the molecule is CN(C)S(=O)(=O)c1ccccc1CNC(=O)CN(CC1CCCCC1)C1CC1. The monoisotopic (exact) mass is 407 g/mol. The number of amides is 1. The fourth-order valence-electron chi connectivity index (χ4n) is 4.02. The average molecular weight is 408 g/mol. The zero-order chi connectivity index (χ0) is 20.1. The molecule has 3 rings (SSSR count). The first-order valence-corrected chi connectivity index (χ1v) is 11.8. The Kier molecular flexibility index (Phi) is 7.12. The number of carbonyl (C=O) groups excluding carboxylic acids is 1. The Balaban J connectivity index is 1.58. The van der Waals surface area contributed by atoms with Crippen LogP contribution in [0.15, 0.2) is 29.2 Å². The van der Waals surface area contributed by atoms with Crippen molar-refractivity contribution >= 4 is 15.9 Å². The van der Waals surface area contributed by atoms with Crippen molar-refractivity contribution in [2.24, 2.45) is 5.92 Å². The first-order valence-electron chi connectivity index (χ1n) is 10.4. The normalized spacial score (nSPS) is 18.6. The molecule has 2 aliphatic carbocycles. The van der Waals surface area contributed by atoms with E-state index in [1.54, 1.807) is 24.3 Å². The van der Waals surface area contributed by atoms with Crippen molar-refractivity contribution in [3.8, 4) is 0 Å². The predicted molar refractivity (Wildman–Crippen MR) is 110 cm³/mol. The van der Waals surface area contributed by atoms with Gasteiger partial charge in [0.1, 0.15) is 0 Å². The lowest BCUT2D eigenvalue weighted by molar-refractivity contribution is -0.122. The second-order valence-electron chi connectivity index (χ2n) is 8.34. The molecule has 0 saturated heterocycles. The summed E-state index contributed by atoms with van der Waals surface area (Å²) in [5.41, 5.74) is 0.620. The van der Waals surface area contributed by atoms with E-state index < -0.39 is 10.0 Å². The molecule has 0 unspecified atom stereocenters. The highest BCUT2D eigenvalue weighted by atomic mass is 32.2. The molecule has 0 bridgehead atoms. The Morgan fingerprint density at radius 3 is 2.39 bits per heavy atom. The maximum absolute atomic E-state index is 12.6. The fourth-order valence-corrected chi connectivity index (χ4v) is 5.13. The number of hydrogen-bond acceptors (Lipinski definition) is 4. The smallest absolute Gasteiger partial charge is 0.242 e. The molecule has 2 fully saturated rings. The van der Waals surface area contributed by atoms with E-state index in [-0.39, 0.29) is 17.3 Å². The summed E-state index contributed by atoms with van der Waals surface area (Å²) in [5, 5.41) is 2.94. The van der Waals surface area contributed by atoms with Gasteiger partial charge in [-0.1, -0.05) is 37.5 Å². The highest BCUT2D eigenvalue weighted by Crippen LogP contribution is 2.31. The molecular weight excluding hydrogens is 374 g/mol. The van der Waals surface area contributed by atoms with Crippen molar-refractivity contribution < 1.29 is 13.2 Å². The summed E-state index contributed by atoms with van der Waals surface area (Å²) in [4.78, 5) is 15.2. The van der Waals surface area contributed by atoms with E-state index in [0.29, 0.717) is 24.1 Å². The highest BCUT2D eigenvalue weighted by molar-refractivity contribution is 7.89. The summed E-state index contributed by atoms with van der Waals surface area (Å²) >= 11 is 0. The van der Waals surface area contributed by atoms with E-state index in [1.807, 2.05) is 0 Å². The Morgan fingerprint density at radius 1 is 1.07 bits per heavy atom. The van der Waals surface area contributed by atoms with Crippen LogP contribution in [0.2, 0.25) is 0 Å². The lowest BCUT2D eigenvalue weighted by Crippen LogP contribution is -2.41. The Morgan fingerprint density at radius 2 is 1.75 bits per heavy atom. The van der Waals surface area contributed by atoms with Gasteiger partial charge >= 0.3 is 0 Å². The van der Waals surface area contributed by atoms with Gasteiger partial charge in [-0.2, -0.15) is 0 Å². The zero-order valence-corrected chi connectivity index (χ0v) is 17.9. The summed E-state index contributed by atoms with van der Waals surface area (Å²) in [6.07, 6.45) is 8.89. The molecule has 28 heavy (non-hydrogen) atoms. The van der Waals surface area contributed by atoms with E-state index in [2.05, 4.69) is 10.2 Å². The number of rotatable bonds is 9. The molecule has 0 atom stereocenters. The minimum absolute atomic E-state index is 0.0280. The second kappa shape index (κ2) is 9.37. The van der Waals surface area contributed by atoms with Crippen molar-refractivity contribution in [2.45, 2.75) is 62.4 Å². The van der Waals surface area contributed by atoms with E-state index in [4.69, 9.17) is 0 Å². The largest absolute Gasteiger partial charge is 0.351 e. The molecular formula is C21H33N3O3S. The molecule has 0 aliphatic heterocycles. The molecule has 2 aliphatic rings. The van der Waals surface area contributed by atoms with Crippen LogP contribution in [-0.4, -0.2) is 56.8 Å². The average Bonchev–Trinajstić information content (AvgIpc) is 3.52.